The summed E-state index contributed by atoms with van der Waals surface area (Å²) in [6, 6.07) is 4.80. The van der Waals surface area contributed by atoms with Crippen LogP contribution in [0.1, 0.15) is 38.5 Å². The monoisotopic (exact) mass is 415 g/mol. The van der Waals surface area contributed by atoms with Gasteiger partial charge in [-0.25, -0.2) is 8.78 Å². The van der Waals surface area contributed by atoms with Crippen molar-refractivity contribution < 1.29 is 18.4 Å². The normalized spacial score (nSPS) is 23.2. The largest absolute Gasteiger partial charge is 0.381 e. The predicted molar refractivity (Wildman–Crippen MR) is 94.8 cm³/mol. The highest BCUT2D eigenvalue weighted by atomic mass is 79.9. The molecule has 8 heteroatoms. The van der Waals surface area contributed by atoms with Gasteiger partial charge in [0.15, 0.2) is 0 Å². The highest BCUT2D eigenvalue weighted by Gasteiger charge is 2.35. The summed E-state index contributed by atoms with van der Waals surface area (Å²) in [7, 11) is 0. The van der Waals surface area contributed by atoms with Crippen LogP contribution in [0.4, 0.5) is 20.2 Å². The number of anilines is 2. The van der Waals surface area contributed by atoms with Crippen LogP contribution in [0.2, 0.25) is 0 Å². The molecule has 2 aliphatic rings. The third-order valence-electron chi connectivity index (χ3n) is 4.63. The summed E-state index contributed by atoms with van der Waals surface area (Å²) in [5, 5.41) is 8.72. The van der Waals surface area contributed by atoms with E-state index in [0.29, 0.717) is 37.1 Å². The molecule has 0 spiro atoms. The molecule has 3 rings (SSSR count). The molecule has 1 aliphatic carbocycles. The van der Waals surface area contributed by atoms with Crippen LogP contribution in [0.5, 0.6) is 0 Å². The van der Waals surface area contributed by atoms with E-state index in [0.717, 1.165) is 4.47 Å². The van der Waals surface area contributed by atoms with E-state index in [2.05, 4.69) is 31.9 Å². The quantitative estimate of drug-likeness (QED) is 0.702. The summed E-state index contributed by atoms with van der Waals surface area (Å²) in [4.78, 5) is 23.6. The molecule has 1 aromatic rings. The molecule has 0 aromatic heterocycles. The van der Waals surface area contributed by atoms with Crippen molar-refractivity contribution in [3.8, 4) is 0 Å². The number of alkyl halides is 2. The number of hydrogen-bond donors (Lipinski definition) is 3. The standard InChI is InChI=1S/C17H20BrF2N3O2/c18-10-1-2-12(21-11-5-7-17(19,20)8-6-11)14(9-10)23-16(25)13-3-4-15(24)22-13/h1-2,9,11,13,21H,3-8H2,(H,22,24)(H,23,25). The molecule has 2 fully saturated rings. The molecule has 1 heterocycles. The molecule has 1 aromatic carbocycles. The van der Waals surface area contributed by atoms with E-state index in [4.69, 9.17) is 0 Å². The minimum atomic E-state index is -2.57. The maximum Gasteiger partial charge on any atom is 0.248 e. The number of hydrogen-bond acceptors (Lipinski definition) is 3. The van der Waals surface area contributed by atoms with Crippen LogP contribution < -0.4 is 16.0 Å². The summed E-state index contributed by atoms with van der Waals surface area (Å²) in [6.07, 6.45) is 1.33. The van der Waals surface area contributed by atoms with Crippen LogP contribution >= 0.6 is 15.9 Å². The average Bonchev–Trinajstić information content (AvgIpc) is 2.98. The lowest BCUT2D eigenvalue weighted by Gasteiger charge is -2.30. The second-order valence-electron chi connectivity index (χ2n) is 6.61. The Balaban J connectivity index is 1.68. The third kappa shape index (κ3) is 4.68. The van der Waals surface area contributed by atoms with Crippen molar-refractivity contribution in [3.05, 3.63) is 22.7 Å². The van der Waals surface area contributed by atoms with Gasteiger partial charge in [0.1, 0.15) is 6.04 Å². The minimum absolute atomic E-state index is 0.0531. The van der Waals surface area contributed by atoms with E-state index in [9.17, 15) is 18.4 Å². The van der Waals surface area contributed by atoms with Crippen molar-refractivity contribution >= 4 is 39.1 Å². The van der Waals surface area contributed by atoms with Crippen molar-refractivity contribution in [2.24, 2.45) is 0 Å². The lowest BCUT2D eigenvalue weighted by atomic mass is 9.92. The van der Waals surface area contributed by atoms with Gasteiger partial charge in [-0.15, -0.1) is 0 Å². The second-order valence-corrected chi connectivity index (χ2v) is 7.53. The number of nitrogens with one attached hydrogen (secondary N) is 3. The summed E-state index contributed by atoms with van der Waals surface area (Å²) in [5.74, 6) is -2.98. The zero-order valence-electron chi connectivity index (χ0n) is 13.6. The Bertz CT molecular complexity index is 674. The van der Waals surface area contributed by atoms with Crippen molar-refractivity contribution in [1.82, 2.24) is 5.32 Å². The fraction of sp³-hybridized carbons (Fsp3) is 0.529. The molecule has 0 bridgehead atoms. The first-order valence-electron chi connectivity index (χ1n) is 8.36. The first kappa shape index (κ1) is 18.1. The van der Waals surface area contributed by atoms with Gasteiger partial charge in [-0.1, -0.05) is 15.9 Å². The van der Waals surface area contributed by atoms with Gasteiger partial charge in [0.25, 0.3) is 0 Å². The fourth-order valence-corrected chi connectivity index (χ4v) is 3.54. The zero-order chi connectivity index (χ0) is 18.0. The summed E-state index contributed by atoms with van der Waals surface area (Å²) in [6.45, 7) is 0. The van der Waals surface area contributed by atoms with Crippen LogP contribution in [-0.4, -0.2) is 29.8 Å². The van der Waals surface area contributed by atoms with E-state index >= 15 is 0 Å². The SMILES string of the molecule is O=C1CCC(C(=O)Nc2cc(Br)ccc2NC2CCC(F)(F)CC2)N1. The zero-order valence-corrected chi connectivity index (χ0v) is 15.2. The van der Waals surface area contributed by atoms with Gasteiger partial charge >= 0.3 is 0 Å². The number of rotatable bonds is 4. The van der Waals surface area contributed by atoms with Gasteiger partial charge in [-0.2, -0.15) is 0 Å². The molecule has 1 saturated carbocycles. The van der Waals surface area contributed by atoms with E-state index in [1.165, 1.54) is 0 Å². The molecule has 1 atom stereocenters. The van der Waals surface area contributed by atoms with Crippen molar-refractivity contribution in [2.45, 2.75) is 56.5 Å². The van der Waals surface area contributed by atoms with Crippen molar-refractivity contribution in [1.29, 1.82) is 0 Å². The van der Waals surface area contributed by atoms with Crippen LogP contribution in [0.3, 0.4) is 0 Å². The minimum Gasteiger partial charge on any atom is -0.381 e. The Morgan fingerprint density at radius 1 is 1.20 bits per heavy atom. The van der Waals surface area contributed by atoms with Gasteiger partial charge in [0.05, 0.1) is 11.4 Å². The molecule has 5 nitrogen and oxygen atoms in total. The molecule has 136 valence electrons. The third-order valence-corrected chi connectivity index (χ3v) is 5.12. The highest BCUT2D eigenvalue weighted by Crippen LogP contribution is 2.35. The number of carbonyl (C=O) groups is 2. The van der Waals surface area contributed by atoms with Crippen LogP contribution in [-0.2, 0) is 9.59 Å². The number of amides is 2. The Labute approximate surface area is 153 Å². The molecule has 1 saturated heterocycles. The molecule has 0 radical (unpaired) electrons. The summed E-state index contributed by atoms with van der Waals surface area (Å²) in [5.41, 5.74) is 1.26. The Morgan fingerprint density at radius 2 is 1.92 bits per heavy atom. The first-order valence-corrected chi connectivity index (χ1v) is 9.16. The number of carbonyl (C=O) groups excluding carboxylic acids is 2. The summed E-state index contributed by atoms with van der Waals surface area (Å²) < 4.78 is 27.4. The number of halogens is 3. The summed E-state index contributed by atoms with van der Waals surface area (Å²) >= 11 is 3.37. The first-order chi connectivity index (χ1) is 11.8. The van der Waals surface area contributed by atoms with Crippen LogP contribution in [0, 0.1) is 0 Å². The highest BCUT2D eigenvalue weighted by molar-refractivity contribution is 9.10. The maximum absolute atomic E-state index is 13.3. The fourth-order valence-electron chi connectivity index (χ4n) is 3.18. The molecule has 25 heavy (non-hydrogen) atoms. The molecular weight excluding hydrogens is 396 g/mol. The van der Waals surface area contributed by atoms with Gasteiger partial charge < -0.3 is 16.0 Å². The van der Waals surface area contributed by atoms with E-state index in [-0.39, 0.29) is 30.7 Å². The molecular formula is C17H20BrF2N3O2. The molecule has 2 amide bonds. The van der Waals surface area contributed by atoms with Gasteiger partial charge in [0.2, 0.25) is 17.7 Å². The number of benzene rings is 1. The Kier molecular flexibility index (Phi) is 5.27. The van der Waals surface area contributed by atoms with Gasteiger partial charge in [-0.05, 0) is 37.5 Å². The molecule has 3 N–H and O–H groups in total. The molecule has 1 unspecified atom stereocenters. The topological polar surface area (TPSA) is 70.2 Å². The van der Waals surface area contributed by atoms with Crippen molar-refractivity contribution in [3.63, 3.8) is 0 Å². The average molecular weight is 416 g/mol. The van der Waals surface area contributed by atoms with Crippen LogP contribution in [0.15, 0.2) is 22.7 Å². The predicted octanol–water partition coefficient (Wildman–Crippen LogP) is 3.66. The smallest absolute Gasteiger partial charge is 0.248 e. The molecule has 1 aliphatic heterocycles. The lowest BCUT2D eigenvalue weighted by Crippen LogP contribution is -2.37. The Hall–Kier alpha value is -1.70. The second kappa shape index (κ2) is 7.27. The van der Waals surface area contributed by atoms with E-state index < -0.39 is 12.0 Å². The Morgan fingerprint density at radius 3 is 2.56 bits per heavy atom. The maximum atomic E-state index is 13.3. The van der Waals surface area contributed by atoms with Gasteiger partial charge in [0, 0.05) is 29.8 Å². The van der Waals surface area contributed by atoms with E-state index in [1.54, 1.807) is 12.1 Å². The van der Waals surface area contributed by atoms with E-state index in [1.807, 2.05) is 6.07 Å². The van der Waals surface area contributed by atoms with Crippen molar-refractivity contribution in [2.75, 3.05) is 10.6 Å². The lowest BCUT2D eigenvalue weighted by molar-refractivity contribution is -0.122. The van der Waals surface area contributed by atoms with Crippen LogP contribution in [0.25, 0.3) is 0 Å². The van der Waals surface area contributed by atoms with Gasteiger partial charge in [-0.3, -0.25) is 9.59 Å².